The van der Waals surface area contributed by atoms with Gasteiger partial charge in [0.05, 0.1) is 5.41 Å². The highest BCUT2D eigenvalue weighted by atomic mass is 16.4. The Morgan fingerprint density at radius 3 is 2.89 bits per heavy atom. The van der Waals surface area contributed by atoms with Crippen molar-refractivity contribution in [2.45, 2.75) is 39.0 Å². The molecule has 102 valence electrons. The van der Waals surface area contributed by atoms with E-state index in [9.17, 15) is 9.90 Å². The molecular formula is C14H19N3O2. The fourth-order valence-electron chi connectivity index (χ4n) is 3.09. The van der Waals surface area contributed by atoms with Crippen molar-refractivity contribution in [2.75, 3.05) is 18.0 Å². The normalized spacial score (nSPS) is 26.3. The van der Waals surface area contributed by atoms with Gasteiger partial charge in [-0.2, -0.15) is 0 Å². The fraction of sp³-hybridized carbons (Fsp3) is 0.643. The number of carboxylic acids is 1. The fourth-order valence-corrected chi connectivity index (χ4v) is 3.09. The number of hydrogen-bond donors (Lipinski definition) is 1. The molecule has 1 aromatic rings. The van der Waals surface area contributed by atoms with Crippen LogP contribution in [0.25, 0.3) is 0 Å². The summed E-state index contributed by atoms with van der Waals surface area (Å²) in [6.07, 6.45) is 6.71. The molecule has 5 nitrogen and oxygen atoms in total. The molecule has 1 N–H and O–H groups in total. The highest BCUT2D eigenvalue weighted by molar-refractivity contribution is 5.76. The van der Waals surface area contributed by atoms with Gasteiger partial charge in [-0.05, 0) is 39.0 Å². The Kier molecular flexibility index (Phi) is 2.92. The molecule has 0 saturated carbocycles. The van der Waals surface area contributed by atoms with Crippen LogP contribution in [0.15, 0.2) is 6.33 Å². The number of aromatic nitrogens is 2. The van der Waals surface area contributed by atoms with Gasteiger partial charge in [0, 0.05) is 24.3 Å². The zero-order chi connectivity index (χ0) is 13.5. The van der Waals surface area contributed by atoms with Crippen LogP contribution in [0.3, 0.4) is 0 Å². The summed E-state index contributed by atoms with van der Waals surface area (Å²) in [5.41, 5.74) is 1.75. The number of hydrogen-bond acceptors (Lipinski definition) is 4. The lowest BCUT2D eigenvalue weighted by Crippen LogP contribution is -2.32. The second-order valence-electron chi connectivity index (χ2n) is 5.87. The molecule has 1 saturated heterocycles. The van der Waals surface area contributed by atoms with Crippen molar-refractivity contribution in [3.63, 3.8) is 0 Å². The predicted octanol–water partition coefficient (Wildman–Crippen LogP) is 1.66. The van der Waals surface area contributed by atoms with Crippen molar-refractivity contribution in [2.24, 2.45) is 5.41 Å². The van der Waals surface area contributed by atoms with Crippen LogP contribution < -0.4 is 4.90 Å². The molecule has 2 heterocycles. The van der Waals surface area contributed by atoms with Crippen molar-refractivity contribution >= 4 is 11.8 Å². The third-order valence-corrected chi connectivity index (χ3v) is 4.39. The largest absolute Gasteiger partial charge is 0.481 e. The highest BCUT2D eigenvalue weighted by Crippen LogP contribution is 2.35. The summed E-state index contributed by atoms with van der Waals surface area (Å²) in [5, 5.41) is 9.32. The standard InChI is InChI=1S/C14H19N3O2/c1-14(13(18)19)6-7-17(8-14)12-10-4-2-3-5-11(10)15-9-16-12/h9H,2-8H2,1H3,(H,18,19). The van der Waals surface area contributed by atoms with Crippen LogP contribution in [0, 0.1) is 5.41 Å². The molecule has 0 spiro atoms. The molecule has 5 heteroatoms. The Morgan fingerprint density at radius 2 is 2.16 bits per heavy atom. The Morgan fingerprint density at radius 1 is 1.37 bits per heavy atom. The van der Waals surface area contributed by atoms with Gasteiger partial charge in [-0.1, -0.05) is 0 Å². The summed E-state index contributed by atoms with van der Waals surface area (Å²) in [5.74, 6) is 0.257. The van der Waals surface area contributed by atoms with Crippen LogP contribution in [0.4, 0.5) is 5.82 Å². The zero-order valence-corrected chi connectivity index (χ0v) is 11.2. The molecule has 2 aliphatic rings. The Bertz CT molecular complexity index is 517. The van der Waals surface area contributed by atoms with E-state index in [4.69, 9.17) is 0 Å². The summed E-state index contributed by atoms with van der Waals surface area (Å²) in [4.78, 5) is 22.2. The van der Waals surface area contributed by atoms with Gasteiger partial charge >= 0.3 is 5.97 Å². The first-order valence-electron chi connectivity index (χ1n) is 6.91. The van der Waals surface area contributed by atoms with E-state index in [1.54, 1.807) is 6.33 Å². The van der Waals surface area contributed by atoms with Crippen LogP contribution in [-0.4, -0.2) is 34.1 Å². The maximum Gasteiger partial charge on any atom is 0.311 e. The number of anilines is 1. The Hall–Kier alpha value is -1.65. The van der Waals surface area contributed by atoms with Crippen LogP contribution in [0.1, 0.15) is 37.4 Å². The van der Waals surface area contributed by atoms with Gasteiger partial charge in [0.1, 0.15) is 12.1 Å². The summed E-state index contributed by atoms with van der Waals surface area (Å²) in [7, 11) is 0. The molecule has 1 atom stereocenters. The highest BCUT2D eigenvalue weighted by Gasteiger charge is 2.41. The molecular weight excluding hydrogens is 242 g/mol. The molecule has 1 aromatic heterocycles. The van der Waals surface area contributed by atoms with Gasteiger partial charge in [-0.3, -0.25) is 4.79 Å². The topological polar surface area (TPSA) is 66.3 Å². The van der Waals surface area contributed by atoms with Crippen LogP contribution in [0.2, 0.25) is 0 Å². The minimum atomic E-state index is -0.710. The van der Waals surface area contributed by atoms with Crippen molar-refractivity contribution in [3.05, 3.63) is 17.6 Å². The molecule has 1 aliphatic heterocycles. The molecule has 1 aliphatic carbocycles. The molecule has 1 unspecified atom stereocenters. The first-order chi connectivity index (χ1) is 9.10. The van der Waals surface area contributed by atoms with E-state index in [0.29, 0.717) is 13.0 Å². The maximum absolute atomic E-state index is 11.3. The van der Waals surface area contributed by atoms with Crippen LogP contribution >= 0.6 is 0 Å². The van der Waals surface area contributed by atoms with Gasteiger partial charge in [0.25, 0.3) is 0 Å². The average Bonchev–Trinajstić information content (AvgIpc) is 2.82. The van der Waals surface area contributed by atoms with E-state index >= 15 is 0 Å². The smallest absolute Gasteiger partial charge is 0.311 e. The predicted molar refractivity (Wildman–Crippen MR) is 71.2 cm³/mol. The SMILES string of the molecule is CC1(C(=O)O)CCN(c2ncnc3c2CCCC3)C1. The number of carbonyl (C=O) groups is 1. The number of nitrogens with zero attached hydrogens (tertiary/aromatic N) is 3. The lowest BCUT2D eigenvalue weighted by molar-refractivity contribution is -0.146. The number of aryl methyl sites for hydroxylation is 1. The third-order valence-electron chi connectivity index (χ3n) is 4.39. The van der Waals surface area contributed by atoms with Crippen molar-refractivity contribution in [1.29, 1.82) is 0 Å². The molecule has 3 rings (SSSR count). The van der Waals surface area contributed by atoms with Gasteiger partial charge < -0.3 is 10.0 Å². The number of carboxylic acid groups (broad SMARTS) is 1. The lowest BCUT2D eigenvalue weighted by Gasteiger charge is -2.25. The average molecular weight is 261 g/mol. The minimum absolute atomic E-state index is 0.547. The van der Waals surface area contributed by atoms with Crippen molar-refractivity contribution in [1.82, 2.24) is 9.97 Å². The molecule has 0 aromatic carbocycles. The quantitative estimate of drug-likeness (QED) is 0.877. The third kappa shape index (κ3) is 2.07. The zero-order valence-electron chi connectivity index (χ0n) is 11.2. The lowest BCUT2D eigenvalue weighted by atomic mass is 9.90. The second kappa shape index (κ2) is 4.47. The monoisotopic (exact) mass is 261 g/mol. The molecule has 19 heavy (non-hydrogen) atoms. The van der Waals surface area contributed by atoms with Crippen LogP contribution in [0.5, 0.6) is 0 Å². The molecule has 0 radical (unpaired) electrons. The molecule has 1 fully saturated rings. The minimum Gasteiger partial charge on any atom is -0.481 e. The van der Waals surface area contributed by atoms with E-state index in [2.05, 4.69) is 14.9 Å². The van der Waals surface area contributed by atoms with Crippen molar-refractivity contribution in [3.8, 4) is 0 Å². The van der Waals surface area contributed by atoms with E-state index in [1.165, 1.54) is 18.4 Å². The van der Waals surface area contributed by atoms with Crippen LogP contribution in [-0.2, 0) is 17.6 Å². The van der Waals surface area contributed by atoms with Gasteiger partial charge in [0.15, 0.2) is 0 Å². The van der Waals surface area contributed by atoms with E-state index in [-0.39, 0.29) is 0 Å². The summed E-state index contributed by atoms with van der Waals surface area (Å²) in [6.45, 7) is 3.14. The van der Waals surface area contributed by atoms with Gasteiger partial charge in [-0.25, -0.2) is 9.97 Å². The van der Waals surface area contributed by atoms with Crippen molar-refractivity contribution < 1.29 is 9.90 Å². The summed E-state index contributed by atoms with van der Waals surface area (Å²) in [6, 6.07) is 0. The Balaban J connectivity index is 1.90. The number of fused-ring (bicyclic) bond motifs is 1. The van der Waals surface area contributed by atoms with Gasteiger partial charge in [0.2, 0.25) is 0 Å². The van der Waals surface area contributed by atoms with E-state index in [0.717, 1.165) is 30.9 Å². The summed E-state index contributed by atoms with van der Waals surface area (Å²) < 4.78 is 0. The number of rotatable bonds is 2. The van der Waals surface area contributed by atoms with E-state index < -0.39 is 11.4 Å². The van der Waals surface area contributed by atoms with Gasteiger partial charge in [-0.15, -0.1) is 0 Å². The second-order valence-corrected chi connectivity index (χ2v) is 5.87. The van der Waals surface area contributed by atoms with E-state index in [1.807, 2.05) is 6.92 Å². The Labute approximate surface area is 112 Å². The molecule has 0 bridgehead atoms. The first kappa shape index (κ1) is 12.4. The summed E-state index contributed by atoms with van der Waals surface area (Å²) >= 11 is 0. The first-order valence-corrected chi connectivity index (χ1v) is 6.91. The molecule has 0 amide bonds. The number of aliphatic carboxylic acids is 1. The maximum atomic E-state index is 11.3.